The van der Waals surface area contributed by atoms with E-state index >= 15 is 0 Å². The number of benzene rings is 3. The van der Waals surface area contributed by atoms with Crippen LogP contribution in [0, 0.1) is 6.92 Å². The Labute approximate surface area is 286 Å². The summed E-state index contributed by atoms with van der Waals surface area (Å²) in [4.78, 5) is 14.1. The lowest BCUT2D eigenvalue weighted by Crippen LogP contribution is -2.50. The van der Waals surface area contributed by atoms with Crippen molar-refractivity contribution in [3.8, 4) is 34.1 Å². The topological polar surface area (TPSA) is 139 Å². The van der Waals surface area contributed by atoms with E-state index in [2.05, 4.69) is 23.2 Å². The number of nitrogens with zero attached hydrogens (tertiary/aromatic N) is 1. The third-order valence-corrected chi connectivity index (χ3v) is 9.41. The van der Waals surface area contributed by atoms with Gasteiger partial charge in [-0.2, -0.15) is 0 Å². The summed E-state index contributed by atoms with van der Waals surface area (Å²) in [7, 11) is 1.28. The second-order valence-electron chi connectivity index (χ2n) is 12.6. The fourth-order valence-electron chi connectivity index (χ4n) is 5.77. The third-order valence-electron chi connectivity index (χ3n) is 9.11. The number of carbonyl (C=O) groups is 1. The Kier molecular flexibility index (Phi) is 11.7. The smallest absolute Gasteiger partial charge is 0.337 e. The molecule has 2 heterocycles. The first-order chi connectivity index (χ1) is 23.1. The molecule has 3 aromatic rings. The van der Waals surface area contributed by atoms with Gasteiger partial charge >= 0.3 is 5.97 Å². The molecule has 11 nitrogen and oxygen atoms in total. The number of hydrogen-bond acceptors (Lipinski definition) is 11. The molecule has 5 rings (SSSR count). The number of fused-ring (bicyclic) bond motifs is 1. The van der Waals surface area contributed by atoms with Gasteiger partial charge in [0.05, 0.1) is 30.9 Å². The molecule has 260 valence electrons. The van der Waals surface area contributed by atoms with Crippen molar-refractivity contribution in [1.82, 2.24) is 10.2 Å². The highest BCUT2D eigenvalue weighted by atomic mass is 35.5. The van der Waals surface area contributed by atoms with Gasteiger partial charge in [-0.05, 0) is 67.1 Å². The van der Waals surface area contributed by atoms with E-state index in [-0.39, 0.29) is 39.2 Å². The molecule has 1 saturated heterocycles. The van der Waals surface area contributed by atoms with Crippen molar-refractivity contribution in [3.05, 3.63) is 70.2 Å². The number of hydrogen-bond donors (Lipinski definition) is 4. The van der Waals surface area contributed by atoms with Crippen molar-refractivity contribution in [3.63, 3.8) is 0 Å². The lowest BCUT2D eigenvalue weighted by Gasteiger charge is -2.36. The number of rotatable bonds is 14. The molecule has 2 aliphatic heterocycles. The second kappa shape index (κ2) is 15.8. The summed E-state index contributed by atoms with van der Waals surface area (Å²) in [6.45, 7) is 6.82. The van der Waals surface area contributed by atoms with Gasteiger partial charge in [-0.3, -0.25) is 4.90 Å². The molecule has 0 atom stereocenters. The molecule has 0 saturated carbocycles. The maximum Gasteiger partial charge on any atom is 0.337 e. The molecule has 0 aliphatic carbocycles. The van der Waals surface area contributed by atoms with E-state index in [1.165, 1.54) is 7.11 Å². The molecule has 4 N–H and O–H groups in total. The Balaban J connectivity index is 1.29. The average Bonchev–Trinajstić information content (AvgIpc) is 3.11. The van der Waals surface area contributed by atoms with Crippen LogP contribution in [0.15, 0.2) is 48.5 Å². The Bertz CT molecular complexity index is 1570. The van der Waals surface area contributed by atoms with Crippen molar-refractivity contribution >= 4 is 17.6 Å². The maximum absolute atomic E-state index is 12.0. The number of carbonyl (C=O) groups excluding carboxylic acids is 1. The van der Waals surface area contributed by atoms with Crippen LogP contribution in [0.5, 0.6) is 23.0 Å². The van der Waals surface area contributed by atoms with Crippen molar-refractivity contribution in [1.29, 1.82) is 0 Å². The minimum atomic E-state index is -1.46. The Hall–Kier alpha value is -3.58. The largest absolute Gasteiger partial charge is 0.492 e. The molecule has 2 aliphatic rings. The highest BCUT2D eigenvalue weighted by Crippen LogP contribution is 2.37. The Morgan fingerprint density at radius 3 is 2.44 bits per heavy atom. The van der Waals surface area contributed by atoms with Crippen LogP contribution in [-0.2, 0) is 22.7 Å². The van der Waals surface area contributed by atoms with Gasteiger partial charge in [0.25, 0.3) is 0 Å². The van der Waals surface area contributed by atoms with Crippen LogP contribution in [0.4, 0.5) is 0 Å². The SMILES string of the molecule is COC(=O)C1(O)CCN(CCOc2cc(OCc3cccc(-c4ccc5c(c4)OCCO5)c3C)c(Cl)cc2CNC(C)(CO)CO)CC1. The van der Waals surface area contributed by atoms with Crippen LogP contribution < -0.4 is 24.3 Å². The zero-order valence-electron chi connectivity index (χ0n) is 27.7. The molecule has 0 spiro atoms. The standard InChI is InChI=1S/C36H45ClN2O9/c1-24-26(5-4-6-28(24)25-7-8-30-33(18-25)47-16-15-46-30)21-48-32-19-31(27(17-29(32)37)20-38-35(2,22-40)23-41)45-14-13-39-11-9-36(43,10-12-39)34(42)44-3/h4-8,17-19,38,40-41,43H,9-16,20-23H2,1-3H3. The summed E-state index contributed by atoms with van der Waals surface area (Å²) in [5.41, 5.74) is 2.51. The Morgan fingerprint density at radius 1 is 1.00 bits per heavy atom. The molecule has 0 bridgehead atoms. The second-order valence-corrected chi connectivity index (χ2v) is 13.0. The first-order valence-electron chi connectivity index (χ1n) is 16.1. The molecule has 0 aromatic heterocycles. The molecule has 0 unspecified atom stereocenters. The van der Waals surface area contributed by atoms with Crippen molar-refractivity contribution in [2.75, 3.05) is 59.8 Å². The lowest BCUT2D eigenvalue weighted by atomic mass is 9.91. The van der Waals surface area contributed by atoms with Gasteiger partial charge < -0.3 is 44.3 Å². The summed E-state index contributed by atoms with van der Waals surface area (Å²) in [6.07, 6.45) is 0.563. The zero-order chi connectivity index (χ0) is 34.3. The van der Waals surface area contributed by atoms with Gasteiger partial charge in [-0.1, -0.05) is 35.9 Å². The van der Waals surface area contributed by atoms with E-state index < -0.39 is 17.1 Å². The van der Waals surface area contributed by atoms with Gasteiger partial charge in [0.1, 0.15) is 37.9 Å². The average molecular weight is 685 g/mol. The van der Waals surface area contributed by atoms with Crippen molar-refractivity contribution in [2.24, 2.45) is 0 Å². The summed E-state index contributed by atoms with van der Waals surface area (Å²) in [6, 6.07) is 15.6. The minimum Gasteiger partial charge on any atom is -0.492 e. The quantitative estimate of drug-likeness (QED) is 0.184. The monoisotopic (exact) mass is 684 g/mol. The maximum atomic E-state index is 12.0. The highest BCUT2D eigenvalue weighted by Gasteiger charge is 2.40. The van der Waals surface area contributed by atoms with Crippen LogP contribution in [-0.4, -0.2) is 97.1 Å². The van der Waals surface area contributed by atoms with Crippen molar-refractivity contribution < 1.29 is 43.8 Å². The summed E-state index contributed by atoms with van der Waals surface area (Å²) >= 11 is 6.74. The molecular weight excluding hydrogens is 640 g/mol. The number of aliphatic hydroxyl groups excluding tert-OH is 2. The molecule has 3 aromatic carbocycles. The number of esters is 1. The minimum absolute atomic E-state index is 0.258. The zero-order valence-corrected chi connectivity index (χ0v) is 28.5. The van der Waals surface area contributed by atoms with Crippen LogP contribution in [0.25, 0.3) is 11.1 Å². The lowest BCUT2D eigenvalue weighted by molar-refractivity contribution is -0.167. The van der Waals surface area contributed by atoms with Gasteiger partial charge in [-0.15, -0.1) is 0 Å². The number of likely N-dealkylation sites (tertiary alicyclic amines) is 1. The molecule has 48 heavy (non-hydrogen) atoms. The molecule has 12 heteroatoms. The Morgan fingerprint density at radius 2 is 1.73 bits per heavy atom. The van der Waals surface area contributed by atoms with Gasteiger partial charge in [-0.25, -0.2) is 4.79 Å². The van der Waals surface area contributed by atoms with E-state index in [4.69, 9.17) is 35.3 Å². The number of nitrogens with one attached hydrogen (secondary N) is 1. The van der Waals surface area contributed by atoms with Crippen LogP contribution in [0.1, 0.15) is 36.5 Å². The molecule has 0 amide bonds. The number of aliphatic hydroxyl groups is 3. The first kappa shape index (κ1) is 35.7. The van der Waals surface area contributed by atoms with E-state index in [0.29, 0.717) is 56.0 Å². The van der Waals surface area contributed by atoms with Gasteiger partial charge in [0.15, 0.2) is 17.1 Å². The summed E-state index contributed by atoms with van der Waals surface area (Å²) < 4.78 is 28.8. The predicted molar refractivity (Wildman–Crippen MR) is 181 cm³/mol. The van der Waals surface area contributed by atoms with Crippen LogP contribution in [0.3, 0.4) is 0 Å². The van der Waals surface area contributed by atoms with E-state index in [1.807, 2.05) is 30.3 Å². The number of ether oxygens (including phenoxy) is 5. The fourth-order valence-corrected chi connectivity index (χ4v) is 6.01. The summed E-state index contributed by atoms with van der Waals surface area (Å²) in [5, 5.41) is 33.7. The number of halogens is 1. The number of piperidine rings is 1. The van der Waals surface area contributed by atoms with E-state index in [0.717, 1.165) is 39.3 Å². The predicted octanol–water partition coefficient (Wildman–Crippen LogP) is 3.88. The molecule has 0 radical (unpaired) electrons. The van der Waals surface area contributed by atoms with E-state index in [1.54, 1.807) is 19.1 Å². The normalized spacial score (nSPS) is 16.0. The van der Waals surface area contributed by atoms with Crippen LogP contribution in [0.2, 0.25) is 5.02 Å². The van der Waals surface area contributed by atoms with Gasteiger partial charge in [0, 0.05) is 37.8 Å². The van der Waals surface area contributed by atoms with Crippen molar-refractivity contribution in [2.45, 2.75) is 51.0 Å². The summed E-state index contributed by atoms with van der Waals surface area (Å²) in [5.74, 6) is 1.87. The van der Waals surface area contributed by atoms with Gasteiger partial charge in [0.2, 0.25) is 0 Å². The first-order valence-corrected chi connectivity index (χ1v) is 16.5. The van der Waals surface area contributed by atoms with E-state index in [9.17, 15) is 20.1 Å². The highest BCUT2D eigenvalue weighted by molar-refractivity contribution is 6.32. The fraction of sp³-hybridized carbons (Fsp3) is 0.472. The number of methoxy groups -OCH3 is 1. The van der Waals surface area contributed by atoms with Crippen LogP contribution >= 0.6 is 11.6 Å². The third kappa shape index (κ3) is 8.34. The molecular formula is C36H45ClN2O9. The molecule has 1 fully saturated rings.